The Balaban J connectivity index is 2.93. The van der Waals surface area contributed by atoms with Crippen LogP contribution in [0.25, 0.3) is 0 Å². The van der Waals surface area contributed by atoms with Gasteiger partial charge in [-0.1, -0.05) is 0 Å². The minimum atomic E-state index is -0.691. The van der Waals surface area contributed by atoms with Gasteiger partial charge >= 0.3 is 0 Å². The lowest BCUT2D eigenvalue weighted by molar-refractivity contribution is -0.125. The fourth-order valence-corrected chi connectivity index (χ4v) is 2.37. The molecule has 92 valence electrons. The van der Waals surface area contributed by atoms with E-state index in [1.165, 1.54) is 18.4 Å². The van der Waals surface area contributed by atoms with E-state index in [2.05, 4.69) is 11.4 Å². The van der Waals surface area contributed by atoms with E-state index in [9.17, 15) is 4.79 Å². The molecule has 1 unspecified atom stereocenters. The molecule has 1 aromatic heterocycles. The zero-order valence-electron chi connectivity index (χ0n) is 10.0. The Kier molecular flexibility index (Phi) is 4.63. The second-order valence-electron chi connectivity index (χ2n) is 3.55. The summed E-state index contributed by atoms with van der Waals surface area (Å²) in [6.45, 7) is 3.87. The second kappa shape index (κ2) is 5.77. The number of hydrogen-bond donors (Lipinski definition) is 2. The molecule has 1 rings (SSSR count). The number of nitrogens with two attached hydrogens (primary N) is 1. The molecule has 17 heavy (non-hydrogen) atoms. The van der Waals surface area contributed by atoms with E-state index in [4.69, 9.17) is 15.7 Å². The summed E-state index contributed by atoms with van der Waals surface area (Å²) in [4.78, 5) is 12.8. The lowest BCUT2D eigenvalue weighted by Crippen LogP contribution is -2.35. The molecule has 0 saturated carbocycles. The van der Waals surface area contributed by atoms with Crippen LogP contribution in [-0.2, 0) is 9.53 Å². The van der Waals surface area contributed by atoms with Gasteiger partial charge in [0, 0.05) is 18.5 Å². The van der Waals surface area contributed by atoms with Crippen LogP contribution < -0.4 is 11.1 Å². The molecule has 0 spiro atoms. The van der Waals surface area contributed by atoms with Crippen LogP contribution in [-0.4, -0.2) is 25.7 Å². The van der Waals surface area contributed by atoms with Crippen molar-refractivity contribution >= 4 is 22.2 Å². The highest BCUT2D eigenvalue weighted by Gasteiger charge is 2.19. The molecular formula is C11H15N3O2S. The van der Waals surface area contributed by atoms with Crippen molar-refractivity contribution in [2.24, 2.45) is 5.73 Å². The van der Waals surface area contributed by atoms with Gasteiger partial charge in [-0.2, -0.15) is 5.26 Å². The minimum Gasteiger partial charge on any atom is -0.370 e. The number of methoxy groups -OCH3 is 1. The number of carbonyl (C=O) groups excluding carboxylic acids is 1. The summed E-state index contributed by atoms with van der Waals surface area (Å²) >= 11 is 1.38. The number of nitriles is 1. The van der Waals surface area contributed by atoms with E-state index >= 15 is 0 Å². The number of ether oxygens (including phenoxy) is 1. The maximum atomic E-state index is 11.7. The molecular weight excluding hydrogens is 238 g/mol. The van der Waals surface area contributed by atoms with Gasteiger partial charge in [0.2, 0.25) is 0 Å². The van der Waals surface area contributed by atoms with Crippen molar-refractivity contribution in [2.45, 2.75) is 20.0 Å². The Morgan fingerprint density at radius 3 is 2.76 bits per heavy atom. The number of carbonyl (C=O) groups is 1. The highest BCUT2D eigenvalue weighted by Crippen LogP contribution is 2.31. The van der Waals surface area contributed by atoms with Gasteiger partial charge in [-0.05, 0) is 19.4 Å². The number of nitrogens with one attached hydrogen (secondary N) is 1. The molecule has 6 heteroatoms. The Morgan fingerprint density at radius 1 is 1.65 bits per heavy atom. The third-order valence-corrected chi connectivity index (χ3v) is 3.65. The average Bonchev–Trinajstić information content (AvgIpc) is 2.56. The summed E-state index contributed by atoms with van der Waals surface area (Å²) in [5.74, 6) is -0.326. The van der Waals surface area contributed by atoms with Gasteiger partial charge in [0.15, 0.2) is 0 Å². The van der Waals surface area contributed by atoms with E-state index in [0.717, 1.165) is 10.4 Å². The van der Waals surface area contributed by atoms with E-state index in [0.29, 0.717) is 10.6 Å². The maximum Gasteiger partial charge on any atom is 0.255 e. The quantitative estimate of drug-likeness (QED) is 0.842. The molecule has 1 atom stereocenters. The van der Waals surface area contributed by atoms with Crippen molar-refractivity contribution in [3.8, 4) is 6.07 Å². The third kappa shape index (κ3) is 2.82. The molecule has 1 amide bonds. The van der Waals surface area contributed by atoms with Crippen LogP contribution in [0.3, 0.4) is 0 Å². The van der Waals surface area contributed by atoms with Crippen molar-refractivity contribution in [1.82, 2.24) is 0 Å². The Labute approximate surface area is 104 Å². The molecule has 0 bridgehead atoms. The molecule has 0 saturated heterocycles. The Morgan fingerprint density at radius 2 is 2.29 bits per heavy atom. The number of rotatable bonds is 4. The number of aryl methyl sites for hydroxylation is 1. The van der Waals surface area contributed by atoms with Gasteiger partial charge in [-0.15, -0.1) is 11.3 Å². The fraction of sp³-hybridized carbons (Fsp3) is 0.455. The van der Waals surface area contributed by atoms with E-state index in [1.54, 1.807) is 0 Å². The molecule has 1 heterocycles. The van der Waals surface area contributed by atoms with Crippen molar-refractivity contribution in [3.63, 3.8) is 0 Å². The van der Waals surface area contributed by atoms with E-state index in [-0.39, 0.29) is 12.5 Å². The Bertz CT molecular complexity index is 458. The number of hydrogen-bond acceptors (Lipinski definition) is 5. The molecule has 0 aliphatic rings. The normalized spacial score (nSPS) is 11.9. The number of anilines is 1. The van der Waals surface area contributed by atoms with Gasteiger partial charge in [-0.3, -0.25) is 4.79 Å². The SMILES string of the molecule is COC(CN)C(=O)Nc1sc(C)c(C)c1C#N. The lowest BCUT2D eigenvalue weighted by Gasteiger charge is -2.12. The minimum absolute atomic E-state index is 0.105. The molecule has 1 aromatic rings. The maximum absolute atomic E-state index is 11.7. The summed E-state index contributed by atoms with van der Waals surface area (Å²) in [7, 11) is 1.42. The van der Waals surface area contributed by atoms with Gasteiger partial charge in [-0.25, -0.2) is 0 Å². The van der Waals surface area contributed by atoms with Gasteiger partial charge in [0.1, 0.15) is 17.2 Å². The fourth-order valence-electron chi connectivity index (χ4n) is 1.35. The van der Waals surface area contributed by atoms with Crippen LogP contribution in [0.4, 0.5) is 5.00 Å². The van der Waals surface area contributed by atoms with Crippen LogP contribution in [0.1, 0.15) is 16.0 Å². The zero-order valence-corrected chi connectivity index (χ0v) is 10.9. The third-order valence-electron chi connectivity index (χ3n) is 2.52. The molecule has 5 nitrogen and oxygen atoms in total. The van der Waals surface area contributed by atoms with Crippen LogP contribution in [0.5, 0.6) is 0 Å². The van der Waals surface area contributed by atoms with Gasteiger partial charge in [0.25, 0.3) is 5.91 Å². The van der Waals surface area contributed by atoms with E-state index in [1.807, 2.05) is 13.8 Å². The predicted molar refractivity (Wildman–Crippen MR) is 67.0 cm³/mol. The highest BCUT2D eigenvalue weighted by atomic mass is 32.1. The topological polar surface area (TPSA) is 88.1 Å². The van der Waals surface area contributed by atoms with E-state index < -0.39 is 6.10 Å². The zero-order chi connectivity index (χ0) is 13.0. The number of amides is 1. The molecule has 3 N–H and O–H groups in total. The van der Waals surface area contributed by atoms with Crippen LogP contribution in [0.2, 0.25) is 0 Å². The predicted octanol–water partition coefficient (Wildman–Crippen LogP) is 1.15. The average molecular weight is 253 g/mol. The number of thiophene rings is 1. The summed E-state index contributed by atoms with van der Waals surface area (Å²) < 4.78 is 4.93. The van der Waals surface area contributed by atoms with Crippen molar-refractivity contribution in [1.29, 1.82) is 5.26 Å². The molecule has 0 aromatic carbocycles. The largest absolute Gasteiger partial charge is 0.370 e. The molecule has 0 radical (unpaired) electrons. The Hall–Kier alpha value is -1.42. The first kappa shape index (κ1) is 13.6. The smallest absolute Gasteiger partial charge is 0.255 e. The highest BCUT2D eigenvalue weighted by molar-refractivity contribution is 7.16. The summed E-state index contributed by atoms with van der Waals surface area (Å²) in [5.41, 5.74) is 6.80. The van der Waals surface area contributed by atoms with Gasteiger partial charge in [0.05, 0.1) is 5.56 Å². The summed E-state index contributed by atoms with van der Waals surface area (Å²) in [6.07, 6.45) is -0.691. The molecule has 0 aliphatic carbocycles. The first-order valence-electron chi connectivity index (χ1n) is 5.09. The summed E-state index contributed by atoms with van der Waals surface area (Å²) in [6, 6.07) is 2.09. The van der Waals surface area contributed by atoms with Crippen LogP contribution in [0, 0.1) is 25.2 Å². The first-order chi connectivity index (χ1) is 8.04. The van der Waals surface area contributed by atoms with Crippen molar-refractivity contribution in [3.05, 3.63) is 16.0 Å². The molecule has 0 fully saturated rings. The van der Waals surface area contributed by atoms with Crippen molar-refractivity contribution < 1.29 is 9.53 Å². The van der Waals surface area contributed by atoms with Crippen LogP contribution >= 0.6 is 11.3 Å². The van der Waals surface area contributed by atoms with Gasteiger partial charge < -0.3 is 15.8 Å². The monoisotopic (exact) mass is 253 g/mol. The molecule has 0 aliphatic heterocycles. The first-order valence-corrected chi connectivity index (χ1v) is 5.90. The second-order valence-corrected chi connectivity index (χ2v) is 4.77. The standard InChI is InChI=1S/C11H15N3O2S/c1-6-7(2)17-11(8(6)4-12)14-10(15)9(5-13)16-3/h9H,5,13H2,1-3H3,(H,14,15). The summed E-state index contributed by atoms with van der Waals surface area (Å²) in [5, 5.41) is 12.3. The van der Waals surface area contributed by atoms with Crippen molar-refractivity contribution in [2.75, 3.05) is 19.0 Å². The number of nitrogens with zero attached hydrogens (tertiary/aromatic N) is 1. The lowest BCUT2D eigenvalue weighted by atomic mass is 10.2. The van der Waals surface area contributed by atoms with Crippen LogP contribution in [0.15, 0.2) is 0 Å².